The fourth-order valence-electron chi connectivity index (χ4n) is 4.47. The monoisotopic (exact) mass is 505 g/mol. The van der Waals surface area contributed by atoms with Gasteiger partial charge in [0.15, 0.2) is 0 Å². The summed E-state index contributed by atoms with van der Waals surface area (Å²) in [6, 6.07) is 21.1. The van der Waals surface area contributed by atoms with Crippen LogP contribution in [0.1, 0.15) is 48.1 Å². The average Bonchev–Trinajstić information content (AvgIpc) is 2.88. The number of amides is 2. The van der Waals surface area contributed by atoms with Gasteiger partial charge in [-0.2, -0.15) is 4.31 Å². The Morgan fingerprint density at radius 3 is 2.36 bits per heavy atom. The summed E-state index contributed by atoms with van der Waals surface area (Å²) in [5.41, 5.74) is 4.55. The fourth-order valence-corrected chi connectivity index (χ4v) is 6.08. The maximum Gasteiger partial charge on any atom is 0.243 e. The molecule has 0 radical (unpaired) electrons. The number of anilines is 1. The van der Waals surface area contributed by atoms with E-state index in [0.29, 0.717) is 25.1 Å². The predicted molar refractivity (Wildman–Crippen MR) is 140 cm³/mol. The van der Waals surface area contributed by atoms with E-state index in [1.807, 2.05) is 55.5 Å². The fraction of sp³-hybridized carbons (Fsp3) is 0.286. The molecule has 2 amide bonds. The summed E-state index contributed by atoms with van der Waals surface area (Å²) in [5.74, 6) is -0.354. The van der Waals surface area contributed by atoms with Crippen molar-refractivity contribution in [3.8, 4) is 0 Å². The number of sulfonamides is 1. The second-order valence-corrected chi connectivity index (χ2v) is 10.8. The molecule has 36 heavy (non-hydrogen) atoms. The number of carbonyl (C=O) groups is 2. The van der Waals surface area contributed by atoms with E-state index in [2.05, 4.69) is 10.6 Å². The number of fused-ring (bicyclic) bond motifs is 1. The Hall–Kier alpha value is -3.49. The lowest BCUT2D eigenvalue weighted by Gasteiger charge is -2.36. The first-order valence-electron chi connectivity index (χ1n) is 12.1. The zero-order chi connectivity index (χ0) is 25.7. The highest BCUT2D eigenvalue weighted by Crippen LogP contribution is 2.36. The SMILES string of the molecule is CCC(=O)Nc1ccc(S(=O)(=O)N2CCc3ccccc3[C@H]2CC(=O)NCc2ccccc2C)cc1. The Bertz CT molecular complexity index is 1350. The second-order valence-electron chi connectivity index (χ2n) is 8.91. The van der Waals surface area contributed by atoms with Crippen LogP contribution in [0.15, 0.2) is 77.7 Å². The number of hydrogen-bond donors (Lipinski definition) is 2. The number of nitrogens with one attached hydrogen (secondary N) is 2. The van der Waals surface area contributed by atoms with Crippen LogP contribution in [0.3, 0.4) is 0 Å². The van der Waals surface area contributed by atoms with E-state index in [1.54, 1.807) is 19.1 Å². The van der Waals surface area contributed by atoms with Gasteiger partial charge in [0.25, 0.3) is 0 Å². The van der Waals surface area contributed by atoms with Crippen molar-refractivity contribution in [1.82, 2.24) is 9.62 Å². The van der Waals surface area contributed by atoms with Crippen LogP contribution in [0.4, 0.5) is 5.69 Å². The van der Waals surface area contributed by atoms with Crippen LogP contribution in [0.2, 0.25) is 0 Å². The maximum atomic E-state index is 13.7. The third kappa shape index (κ3) is 5.66. The molecule has 3 aromatic rings. The highest BCUT2D eigenvalue weighted by Gasteiger charge is 2.37. The van der Waals surface area contributed by atoms with Crippen LogP contribution >= 0.6 is 0 Å². The minimum atomic E-state index is -3.88. The molecule has 0 aliphatic carbocycles. The van der Waals surface area contributed by atoms with E-state index in [0.717, 1.165) is 22.3 Å². The first-order chi connectivity index (χ1) is 17.3. The number of hydrogen-bond acceptors (Lipinski definition) is 4. The van der Waals surface area contributed by atoms with Gasteiger partial charge in [0.2, 0.25) is 21.8 Å². The van der Waals surface area contributed by atoms with Crippen LogP contribution in [0.5, 0.6) is 0 Å². The first kappa shape index (κ1) is 25.6. The highest BCUT2D eigenvalue weighted by atomic mass is 32.2. The molecular weight excluding hydrogens is 474 g/mol. The van der Waals surface area contributed by atoms with Crippen LogP contribution in [0.25, 0.3) is 0 Å². The van der Waals surface area contributed by atoms with Crippen molar-refractivity contribution in [2.45, 2.75) is 50.6 Å². The summed E-state index contributed by atoms with van der Waals surface area (Å²) in [7, 11) is -3.88. The molecule has 0 spiro atoms. The molecule has 188 valence electrons. The predicted octanol–water partition coefficient (Wildman–Crippen LogP) is 4.34. The standard InChI is InChI=1S/C28H31N3O4S/c1-3-27(32)30-23-12-14-24(15-13-23)36(34,35)31-17-16-21-9-6-7-11-25(21)26(31)18-28(33)29-19-22-10-5-4-8-20(22)2/h4-15,26H,3,16-19H2,1-2H3,(H,29,33)(H,30,32)/t26-/m1/s1. The topological polar surface area (TPSA) is 95.6 Å². The zero-order valence-electron chi connectivity index (χ0n) is 20.5. The van der Waals surface area contributed by atoms with Crippen LogP contribution in [-0.4, -0.2) is 31.1 Å². The minimum absolute atomic E-state index is 0.0206. The van der Waals surface area contributed by atoms with Crippen molar-refractivity contribution in [3.63, 3.8) is 0 Å². The Labute approximate surface area is 212 Å². The Balaban J connectivity index is 1.57. The molecule has 1 atom stereocenters. The molecule has 3 aromatic carbocycles. The first-order valence-corrected chi connectivity index (χ1v) is 13.5. The molecule has 1 heterocycles. The van der Waals surface area contributed by atoms with E-state index in [4.69, 9.17) is 0 Å². The summed E-state index contributed by atoms with van der Waals surface area (Å²) in [5, 5.41) is 5.69. The van der Waals surface area contributed by atoms with E-state index in [-0.39, 0.29) is 29.7 Å². The molecule has 1 aliphatic rings. The molecule has 0 saturated heterocycles. The van der Waals surface area contributed by atoms with Gasteiger partial charge in [0.1, 0.15) is 0 Å². The van der Waals surface area contributed by atoms with Gasteiger partial charge in [-0.05, 0) is 59.9 Å². The van der Waals surface area contributed by atoms with Crippen molar-refractivity contribution in [3.05, 3.63) is 95.1 Å². The molecule has 2 N–H and O–H groups in total. The minimum Gasteiger partial charge on any atom is -0.352 e. The smallest absolute Gasteiger partial charge is 0.243 e. The van der Waals surface area contributed by atoms with Gasteiger partial charge in [-0.25, -0.2) is 8.42 Å². The molecule has 0 aromatic heterocycles. The molecule has 0 saturated carbocycles. The molecule has 0 fully saturated rings. The van der Waals surface area contributed by atoms with Gasteiger partial charge >= 0.3 is 0 Å². The number of rotatable bonds is 8. The van der Waals surface area contributed by atoms with Gasteiger partial charge in [-0.3, -0.25) is 9.59 Å². The van der Waals surface area contributed by atoms with Crippen molar-refractivity contribution in [1.29, 1.82) is 0 Å². The zero-order valence-corrected chi connectivity index (χ0v) is 21.3. The highest BCUT2D eigenvalue weighted by molar-refractivity contribution is 7.89. The Morgan fingerprint density at radius 2 is 1.64 bits per heavy atom. The quantitative estimate of drug-likeness (QED) is 0.476. The van der Waals surface area contributed by atoms with Crippen LogP contribution in [-0.2, 0) is 32.6 Å². The van der Waals surface area contributed by atoms with E-state index in [9.17, 15) is 18.0 Å². The number of benzene rings is 3. The molecule has 0 bridgehead atoms. The largest absolute Gasteiger partial charge is 0.352 e. The average molecular weight is 506 g/mol. The summed E-state index contributed by atoms with van der Waals surface area (Å²) in [4.78, 5) is 24.8. The number of aryl methyl sites for hydroxylation is 1. The molecule has 1 aliphatic heterocycles. The normalized spacial score (nSPS) is 15.7. The van der Waals surface area contributed by atoms with Crippen molar-refractivity contribution >= 4 is 27.5 Å². The molecule has 8 heteroatoms. The molecule has 0 unspecified atom stereocenters. The summed E-state index contributed by atoms with van der Waals surface area (Å²) in [6.07, 6.45) is 0.926. The van der Waals surface area contributed by atoms with Crippen molar-refractivity contribution in [2.75, 3.05) is 11.9 Å². The second kappa shape index (κ2) is 11.1. The lowest BCUT2D eigenvalue weighted by atomic mass is 9.92. The van der Waals surface area contributed by atoms with Crippen molar-refractivity contribution in [2.24, 2.45) is 0 Å². The molecular formula is C28H31N3O4S. The van der Waals surface area contributed by atoms with Gasteiger partial charge < -0.3 is 10.6 Å². The summed E-state index contributed by atoms with van der Waals surface area (Å²) < 4.78 is 28.9. The lowest BCUT2D eigenvalue weighted by molar-refractivity contribution is -0.122. The maximum absolute atomic E-state index is 13.7. The summed E-state index contributed by atoms with van der Waals surface area (Å²) in [6.45, 7) is 4.41. The third-order valence-electron chi connectivity index (χ3n) is 6.55. The van der Waals surface area contributed by atoms with E-state index >= 15 is 0 Å². The van der Waals surface area contributed by atoms with Crippen LogP contribution in [0, 0.1) is 6.92 Å². The Morgan fingerprint density at radius 1 is 0.944 bits per heavy atom. The van der Waals surface area contributed by atoms with Crippen molar-refractivity contribution < 1.29 is 18.0 Å². The van der Waals surface area contributed by atoms with Gasteiger partial charge in [0.05, 0.1) is 10.9 Å². The van der Waals surface area contributed by atoms with Gasteiger partial charge in [0, 0.05) is 31.6 Å². The lowest BCUT2D eigenvalue weighted by Crippen LogP contribution is -2.42. The summed E-state index contributed by atoms with van der Waals surface area (Å²) >= 11 is 0. The number of carbonyl (C=O) groups excluding carboxylic acids is 2. The third-order valence-corrected chi connectivity index (χ3v) is 8.47. The van der Waals surface area contributed by atoms with E-state index < -0.39 is 16.1 Å². The molecule has 4 rings (SSSR count). The Kier molecular flexibility index (Phi) is 7.86. The van der Waals surface area contributed by atoms with Gasteiger partial charge in [-0.1, -0.05) is 55.5 Å². The molecule has 7 nitrogen and oxygen atoms in total. The number of nitrogens with zero attached hydrogens (tertiary/aromatic N) is 1. The van der Waals surface area contributed by atoms with Gasteiger partial charge in [-0.15, -0.1) is 0 Å². The van der Waals surface area contributed by atoms with Crippen LogP contribution < -0.4 is 10.6 Å². The van der Waals surface area contributed by atoms with E-state index in [1.165, 1.54) is 16.4 Å².